The number of nitrogens with zero attached hydrogens (tertiary/aromatic N) is 1. The fourth-order valence-electron chi connectivity index (χ4n) is 3.15. The highest BCUT2D eigenvalue weighted by Gasteiger charge is 2.52. The molecule has 0 radical (unpaired) electrons. The van der Waals surface area contributed by atoms with Crippen molar-refractivity contribution in [1.82, 2.24) is 10.1 Å². The minimum absolute atomic E-state index is 0.201. The van der Waals surface area contributed by atoms with Crippen molar-refractivity contribution < 1.29 is 9.32 Å². The standard InChI is InChI=1S/C16H21N2O2PS2/c1-11(2)12-6-7-16(3)14(9-12)23-21(22,20-16)18-15(19)13-5-4-8-17-10-13/h4-5,8,10,12,14H,1,6-7,9H2,2-3H3,(H,18,19,22)/t12-,14+,16+,21+/m0/s1. The van der Waals surface area contributed by atoms with Crippen LogP contribution in [-0.4, -0.2) is 21.7 Å². The van der Waals surface area contributed by atoms with E-state index in [0.29, 0.717) is 16.7 Å². The highest BCUT2D eigenvalue weighted by atomic mass is 32.9. The lowest BCUT2D eigenvalue weighted by atomic mass is 9.77. The number of aromatic nitrogens is 1. The molecule has 1 saturated heterocycles. The van der Waals surface area contributed by atoms with Crippen molar-refractivity contribution in [2.45, 2.75) is 44.0 Å². The lowest BCUT2D eigenvalue weighted by Crippen LogP contribution is -2.40. The summed E-state index contributed by atoms with van der Waals surface area (Å²) in [7, 11) is 0. The van der Waals surface area contributed by atoms with E-state index in [1.807, 2.05) is 0 Å². The van der Waals surface area contributed by atoms with Crippen LogP contribution in [0.2, 0.25) is 0 Å². The fraction of sp³-hybridized carbons (Fsp3) is 0.500. The molecule has 1 saturated carbocycles. The van der Waals surface area contributed by atoms with Crippen molar-refractivity contribution in [3.63, 3.8) is 0 Å². The van der Waals surface area contributed by atoms with Crippen LogP contribution in [0.4, 0.5) is 0 Å². The first kappa shape index (κ1) is 17.2. The Morgan fingerprint density at radius 2 is 2.43 bits per heavy atom. The Balaban J connectivity index is 1.74. The average Bonchev–Trinajstić information content (AvgIpc) is 2.76. The molecule has 1 N–H and O–H groups in total. The first-order chi connectivity index (χ1) is 10.8. The highest BCUT2D eigenvalue weighted by molar-refractivity contribution is 8.69. The van der Waals surface area contributed by atoms with Gasteiger partial charge in [-0.25, -0.2) is 0 Å². The molecule has 7 heteroatoms. The summed E-state index contributed by atoms with van der Waals surface area (Å²) >= 11 is 7.36. The van der Waals surface area contributed by atoms with E-state index in [0.717, 1.165) is 19.3 Å². The van der Waals surface area contributed by atoms with Crippen molar-refractivity contribution in [2.24, 2.45) is 5.92 Å². The predicted molar refractivity (Wildman–Crippen MR) is 99.0 cm³/mol. The first-order valence-corrected chi connectivity index (χ1v) is 11.9. The van der Waals surface area contributed by atoms with Gasteiger partial charge >= 0.3 is 0 Å². The Hall–Kier alpha value is -0.680. The maximum absolute atomic E-state index is 12.4. The van der Waals surface area contributed by atoms with Crippen molar-refractivity contribution in [1.29, 1.82) is 0 Å². The number of allylic oxidation sites excluding steroid dienone is 1. The summed E-state index contributed by atoms with van der Waals surface area (Å²) in [4.78, 5) is 16.4. The lowest BCUT2D eigenvalue weighted by molar-refractivity contribution is 0.0650. The highest BCUT2D eigenvalue weighted by Crippen LogP contribution is 2.71. The van der Waals surface area contributed by atoms with Crippen LogP contribution in [0.25, 0.3) is 0 Å². The van der Waals surface area contributed by atoms with Gasteiger partial charge in [0.1, 0.15) is 0 Å². The van der Waals surface area contributed by atoms with Gasteiger partial charge < -0.3 is 4.52 Å². The molecule has 1 amide bonds. The van der Waals surface area contributed by atoms with Crippen molar-refractivity contribution in [3.8, 4) is 0 Å². The van der Waals surface area contributed by atoms with Crippen LogP contribution < -0.4 is 5.09 Å². The lowest BCUT2D eigenvalue weighted by Gasteiger charge is -2.37. The van der Waals surface area contributed by atoms with Crippen LogP contribution in [-0.2, 0) is 16.3 Å². The number of nitrogens with one attached hydrogen (secondary N) is 1. The minimum Gasteiger partial charge on any atom is -0.319 e. The number of carbonyl (C=O) groups is 1. The summed E-state index contributed by atoms with van der Waals surface area (Å²) in [5, 5.41) is 3.28. The molecule has 2 aliphatic rings. The van der Waals surface area contributed by atoms with Gasteiger partial charge in [-0.15, -0.1) is 0 Å². The van der Waals surface area contributed by atoms with Gasteiger partial charge in [0, 0.05) is 17.6 Å². The molecule has 4 atom stereocenters. The molecule has 1 aromatic heterocycles. The molecule has 1 aliphatic heterocycles. The number of carbonyl (C=O) groups excluding carboxylic acids is 1. The van der Waals surface area contributed by atoms with Crippen molar-refractivity contribution >= 4 is 34.7 Å². The summed E-state index contributed by atoms with van der Waals surface area (Å²) in [6.45, 7) is 8.32. The van der Waals surface area contributed by atoms with Crippen LogP contribution in [0, 0.1) is 5.92 Å². The molecule has 1 aliphatic carbocycles. The Morgan fingerprint density at radius 3 is 3.09 bits per heavy atom. The normalized spacial score (nSPS) is 36.3. The van der Waals surface area contributed by atoms with Gasteiger partial charge in [-0.05, 0) is 63.0 Å². The van der Waals surface area contributed by atoms with E-state index in [2.05, 4.69) is 30.5 Å². The van der Waals surface area contributed by atoms with E-state index in [1.165, 1.54) is 5.57 Å². The maximum atomic E-state index is 12.4. The Labute approximate surface area is 146 Å². The van der Waals surface area contributed by atoms with Crippen molar-refractivity contribution in [2.75, 3.05) is 0 Å². The topological polar surface area (TPSA) is 51.2 Å². The summed E-state index contributed by atoms with van der Waals surface area (Å²) in [5.41, 5.74) is -0.924. The van der Waals surface area contributed by atoms with E-state index in [1.54, 1.807) is 35.9 Å². The van der Waals surface area contributed by atoms with Gasteiger partial charge in [-0.1, -0.05) is 23.5 Å². The third-order valence-corrected chi connectivity index (χ3v) is 10.3. The van der Waals surface area contributed by atoms with Crippen LogP contribution in [0.15, 0.2) is 36.7 Å². The van der Waals surface area contributed by atoms with Gasteiger partial charge in [0.25, 0.3) is 5.91 Å². The summed E-state index contributed by atoms with van der Waals surface area (Å²) < 4.78 is 6.27. The molecule has 0 aromatic carbocycles. The third-order valence-electron chi connectivity index (χ3n) is 4.62. The zero-order valence-corrected chi connectivity index (χ0v) is 15.8. The number of hydrogen-bond acceptors (Lipinski definition) is 5. The average molecular weight is 368 g/mol. The predicted octanol–water partition coefficient (Wildman–Crippen LogP) is 4.30. The molecule has 0 unspecified atom stereocenters. The number of rotatable bonds is 3. The molecule has 3 rings (SSSR count). The van der Waals surface area contributed by atoms with Crippen LogP contribution in [0.5, 0.6) is 0 Å². The third kappa shape index (κ3) is 3.55. The SMILES string of the molecule is C=C(C)[C@H]1CC[C@@]2(C)O[P@@](=S)(NC(=O)c3cccnc3)S[C@@H]2C1. The minimum atomic E-state index is -2.43. The van der Waals surface area contributed by atoms with E-state index in [9.17, 15) is 4.79 Å². The molecular weight excluding hydrogens is 347 g/mol. The molecule has 2 heterocycles. The molecule has 4 nitrogen and oxygen atoms in total. The van der Waals surface area contributed by atoms with Crippen molar-refractivity contribution in [3.05, 3.63) is 42.2 Å². The number of amides is 1. The van der Waals surface area contributed by atoms with E-state index < -0.39 is 5.62 Å². The van der Waals surface area contributed by atoms with Gasteiger partial charge in [0.2, 0.25) is 5.62 Å². The molecule has 1 aromatic rings. The second-order valence-electron chi connectivity index (χ2n) is 6.50. The van der Waals surface area contributed by atoms with Gasteiger partial charge in [-0.3, -0.25) is 14.9 Å². The summed E-state index contributed by atoms with van der Waals surface area (Å²) in [6, 6.07) is 3.47. The molecule has 0 spiro atoms. The zero-order valence-electron chi connectivity index (χ0n) is 13.3. The summed E-state index contributed by atoms with van der Waals surface area (Å²) in [5.74, 6) is 0.326. The van der Waals surface area contributed by atoms with Gasteiger partial charge in [-0.2, -0.15) is 0 Å². The maximum Gasteiger partial charge on any atom is 0.258 e. The zero-order chi connectivity index (χ0) is 16.7. The molecule has 0 bridgehead atoms. The number of fused-ring (bicyclic) bond motifs is 1. The summed E-state index contributed by atoms with van der Waals surface area (Å²) in [6.07, 6.45) is 6.25. The molecule has 124 valence electrons. The number of pyridine rings is 1. The van der Waals surface area contributed by atoms with E-state index in [-0.39, 0.29) is 11.5 Å². The fourth-order valence-corrected chi connectivity index (χ4v) is 10.2. The second kappa shape index (κ2) is 6.32. The Bertz CT molecular complexity index is 682. The number of hydrogen-bond donors (Lipinski definition) is 1. The molecule has 23 heavy (non-hydrogen) atoms. The van der Waals surface area contributed by atoms with Crippen LogP contribution in [0.3, 0.4) is 0 Å². The quantitative estimate of drug-likeness (QED) is 0.637. The van der Waals surface area contributed by atoms with Crippen LogP contribution >= 0.6 is 17.0 Å². The molecular formula is C16H21N2O2PS2. The first-order valence-electron chi connectivity index (χ1n) is 7.68. The van der Waals surface area contributed by atoms with Gasteiger partial charge in [0.05, 0.1) is 11.2 Å². The van der Waals surface area contributed by atoms with E-state index in [4.69, 9.17) is 16.3 Å². The van der Waals surface area contributed by atoms with E-state index >= 15 is 0 Å². The smallest absolute Gasteiger partial charge is 0.258 e. The molecule has 2 fully saturated rings. The van der Waals surface area contributed by atoms with Crippen LogP contribution in [0.1, 0.15) is 43.5 Å². The largest absolute Gasteiger partial charge is 0.319 e. The Morgan fingerprint density at radius 1 is 1.65 bits per heavy atom. The van der Waals surface area contributed by atoms with Gasteiger partial charge in [0.15, 0.2) is 0 Å². The Kier molecular flexibility index (Phi) is 4.71. The monoisotopic (exact) mass is 368 g/mol. The second-order valence-corrected chi connectivity index (χ2v) is 13.1.